The SMILES string of the molecule is CCOc1ccc(Nc2nc(C)cc(C)c2C#N)cn1. The van der Waals surface area contributed by atoms with Gasteiger partial charge in [-0.25, -0.2) is 9.97 Å². The van der Waals surface area contributed by atoms with Gasteiger partial charge in [0.25, 0.3) is 0 Å². The minimum absolute atomic E-state index is 0.546. The van der Waals surface area contributed by atoms with Crippen LogP contribution in [0.5, 0.6) is 5.88 Å². The Morgan fingerprint density at radius 3 is 2.75 bits per heavy atom. The van der Waals surface area contributed by atoms with E-state index in [1.54, 1.807) is 12.3 Å². The number of rotatable bonds is 4. The summed E-state index contributed by atoms with van der Waals surface area (Å²) < 4.78 is 5.29. The number of anilines is 2. The van der Waals surface area contributed by atoms with E-state index >= 15 is 0 Å². The Hall–Kier alpha value is -2.61. The van der Waals surface area contributed by atoms with Crippen molar-refractivity contribution in [2.75, 3.05) is 11.9 Å². The molecule has 2 heterocycles. The molecule has 2 rings (SSSR count). The molecule has 1 N–H and O–H groups in total. The summed E-state index contributed by atoms with van der Waals surface area (Å²) in [4.78, 5) is 8.54. The summed E-state index contributed by atoms with van der Waals surface area (Å²) in [5, 5.41) is 12.3. The number of nitrogens with zero attached hydrogens (tertiary/aromatic N) is 3. The second-order valence-corrected chi connectivity index (χ2v) is 4.36. The maximum atomic E-state index is 9.22. The predicted octanol–water partition coefficient (Wildman–Crippen LogP) is 3.11. The van der Waals surface area contributed by atoms with Gasteiger partial charge in [-0.2, -0.15) is 5.26 Å². The van der Waals surface area contributed by atoms with E-state index in [1.165, 1.54) is 0 Å². The molecule has 0 saturated carbocycles. The molecule has 0 aromatic carbocycles. The fourth-order valence-electron chi connectivity index (χ4n) is 1.89. The second kappa shape index (κ2) is 6.02. The van der Waals surface area contributed by atoms with Gasteiger partial charge in [0, 0.05) is 11.8 Å². The van der Waals surface area contributed by atoms with Crippen LogP contribution in [0.4, 0.5) is 11.5 Å². The van der Waals surface area contributed by atoms with Crippen LogP contribution in [0.15, 0.2) is 24.4 Å². The molecule has 0 aliphatic carbocycles. The largest absolute Gasteiger partial charge is 0.478 e. The highest BCUT2D eigenvalue weighted by Crippen LogP contribution is 2.22. The molecular weight excluding hydrogens is 252 g/mol. The van der Waals surface area contributed by atoms with Crippen molar-refractivity contribution in [3.8, 4) is 11.9 Å². The van der Waals surface area contributed by atoms with Gasteiger partial charge in [-0.15, -0.1) is 0 Å². The summed E-state index contributed by atoms with van der Waals surface area (Å²) in [5.74, 6) is 1.13. The first-order valence-corrected chi connectivity index (χ1v) is 6.38. The molecule has 5 nitrogen and oxygen atoms in total. The summed E-state index contributed by atoms with van der Waals surface area (Å²) in [6.45, 7) is 6.29. The zero-order chi connectivity index (χ0) is 14.5. The van der Waals surface area contributed by atoms with Crippen molar-refractivity contribution in [3.63, 3.8) is 0 Å². The van der Waals surface area contributed by atoms with Crippen LogP contribution >= 0.6 is 0 Å². The van der Waals surface area contributed by atoms with Gasteiger partial charge >= 0.3 is 0 Å². The molecule has 0 radical (unpaired) electrons. The minimum Gasteiger partial charge on any atom is -0.478 e. The third kappa shape index (κ3) is 3.04. The van der Waals surface area contributed by atoms with E-state index in [9.17, 15) is 5.26 Å². The maximum absolute atomic E-state index is 9.22. The Bertz CT molecular complexity index is 644. The van der Waals surface area contributed by atoms with Gasteiger partial charge in [0.1, 0.15) is 11.9 Å². The molecule has 2 aromatic rings. The van der Waals surface area contributed by atoms with Gasteiger partial charge in [-0.05, 0) is 38.5 Å². The average molecular weight is 268 g/mol. The molecule has 20 heavy (non-hydrogen) atoms. The quantitative estimate of drug-likeness (QED) is 0.922. The molecule has 0 amide bonds. The second-order valence-electron chi connectivity index (χ2n) is 4.36. The van der Waals surface area contributed by atoms with E-state index in [4.69, 9.17) is 4.74 Å². The average Bonchev–Trinajstić information content (AvgIpc) is 2.41. The van der Waals surface area contributed by atoms with Crippen molar-refractivity contribution in [1.82, 2.24) is 9.97 Å². The minimum atomic E-state index is 0.546. The number of hydrogen-bond acceptors (Lipinski definition) is 5. The summed E-state index contributed by atoms with van der Waals surface area (Å²) in [6.07, 6.45) is 1.66. The molecule has 0 fully saturated rings. The molecule has 0 bridgehead atoms. The van der Waals surface area contributed by atoms with Gasteiger partial charge in [0.05, 0.1) is 24.1 Å². The Balaban J connectivity index is 2.28. The van der Waals surface area contributed by atoms with E-state index in [1.807, 2.05) is 32.9 Å². The highest BCUT2D eigenvalue weighted by Gasteiger charge is 2.09. The van der Waals surface area contributed by atoms with Crippen molar-refractivity contribution in [2.24, 2.45) is 0 Å². The lowest BCUT2D eigenvalue weighted by Crippen LogP contribution is -2.01. The maximum Gasteiger partial charge on any atom is 0.213 e. The third-order valence-electron chi connectivity index (χ3n) is 2.75. The molecule has 5 heteroatoms. The first-order chi connectivity index (χ1) is 9.63. The Kier molecular flexibility index (Phi) is 4.16. The number of nitriles is 1. The monoisotopic (exact) mass is 268 g/mol. The van der Waals surface area contributed by atoms with Gasteiger partial charge in [0.15, 0.2) is 0 Å². The van der Waals surface area contributed by atoms with Crippen molar-refractivity contribution < 1.29 is 4.74 Å². The number of nitrogens with one attached hydrogen (secondary N) is 1. The molecule has 0 unspecified atom stereocenters. The number of ether oxygens (including phenoxy) is 1. The fraction of sp³-hybridized carbons (Fsp3) is 0.267. The molecule has 102 valence electrons. The van der Waals surface area contributed by atoms with E-state index in [2.05, 4.69) is 21.4 Å². The van der Waals surface area contributed by atoms with Crippen LogP contribution in [0.1, 0.15) is 23.7 Å². The van der Waals surface area contributed by atoms with E-state index in [-0.39, 0.29) is 0 Å². The lowest BCUT2D eigenvalue weighted by atomic mass is 10.1. The van der Waals surface area contributed by atoms with Gasteiger partial charge in [0.2, 0.25) is 5.88 Å². The highest BCUT2D eigenvalue weighted by atomic mass is 16.5. The fourth-order valence-corrected chi connectivity index (χ4v) is 1.89. The molecule has 0 spiro atoms. The first-order valence-electron chi connectivity index (χ1n) is 6.38. The third-order valence-corrected chi connectivity index (χ3v) is 2.75. The number of pyridine rings is 2. The van der Waals surface area contributed by atoms with Crippen molar-refractivity contribution in [3.05, 3.63) is 41.2 Å². The Labute approximate surface area is 118 Å². The number of aromatic nitrogens is 2. The van der Waals surface area contributed by atoms with Crippen LogP contribution in [-0.2, 0) is 0 Å². The molecular formula is C15H16N4O. The van der Waals surface area contributed by atoms with Gasteiger partial charge in [-0.3, -0.25) is 0 Å². The normalized spacial score (nSPS) is 9.90. The molecule has 0 aliphatic heterocycles. The zero-order valence-electron chi connectivity index (χ0n) is 11.8. The standard InChI is InChI=1S/C15H16N4O/c1-4-20-14-6-5-12(9-17-14)19-15-13(8-16)10(2)7-11(3)18-15/h5-7,9H,4H2,1-3H3,(H,18,19). The van der Waals surface area contributed by atoms with E-state index in [0.717, 1.165) is 16.9 Å². The molecule has 0 atom stereocenters. The zero-order valence-corrected chi connectivity index (χ0v) is 11.8. The van der Waals surface area contributed by atoms with Gasteiger partial charge in [-0.1, -0.05) is 0 Å². The van der Waals surface area contributed by atoms with Gasteiger partial charge < -0.3 is 10.1 Å². The lowest BCUT2D eigenvalue weighted by Gasteiger charge is -2.10. The van der Waals surface area contributed by atoms with Crippen LogP contribution in [0.25, 0.3) is 0 Å². The Morgan fingerprint density at radius 1 is 1.35 bits per heavy atom. The first kappa shape index (κ1) is 13.8. The summed E-state index contributed by atoms with van der Waals surface area (Å²) in [6, 6.07) is 7.69. The molecule has 0 saturated heterocycles. The predicted molar refractivity (Wildman–Crippen MR) is 77.1 cm³/mol. The molecule has 2 aromatic heterocycles. The topological polar surface area (TPSA) is 70.8 Å². The van der Waals surface area contributed by atoms with Crippen LogP contribution < -0.4 is 10.1 Å². The van der Waals surface area contributed by atoms with Crippen LogP contribution in [0.2, 0.25) is 0 Å². The highest BCUT2D eigenvalue weighted by molar-refractivity contribution is 5.64. The summed E-state index contributed by atoms with van der Waals surface area (Å²) in [5.41, 5.74) is 3.08. The number of aryl methyl sites for hydroxylation is 2. The summed E-state index contributed by atoms with van der Waals surface area (Å²) >= 11 is 0. The summed E-state index contributed by atoms with van der Waals surface area (Å²) in [7, 11) is 0. The molecule has 0 aliphatic rings. The lowest BCUT2D eigenvalue weighted by molar-refractivity contribution is 0.327. The van der Waals surface area contributed by atoms with Crippen LogP contribution in [-0.4, -0.2) is 16.6 Å². The Morgan fingerprint density at radius 2 is 2.15 bits per heavy atom. The van der Waals surface area contributed by atoms with Crippen molar-refractivity contribution in [1.29, 1.82) is 5.26 Å². The van der Waals surface area contributed by atoms with Crippen LogP contribution in [0.3, 0.4) is 0 Å². The van der Waals surface area contributed by atoms with Crippen molar-refractivity contribution >= 4 is 11.5 Å². The smallest absolute Gasteiger partial charge is 0.213 e. The number of hydrogen-bond donors (Lipinski definition) is 1. The van der Waals surface area contributed by atoms with E-state index in [0.29, 0.717) is 23.9 Å². The van der Waals surface area contributed by atoms with Crippen LogP contribution in [0, 0.1) is 25.2 Å². The van der Waals surface area contributed by atoms with E-state index < -0.39 is 0 Å². The van der Waals surface area contributed by atoms with Crippen molar-refractivity contribution in [2.45, 2.75) is 20.8 Å².